The molecule has 0 bridgehead atoms. The number of aliphatic hydroxyl groups is 1. The quantitative estimate of drug-likeness (QED) is 0.326. The Labute approximate surface area is 197 Å². The predicted molar refractivity (Wildman–Crippen MR) is 130 cm³/mol. The zero-order valence-corrected chi connectivity index (χ0v) is 18.9. The lowest BCUT2D eigenvalue weighted by Gasteiger charge is -2.27. The fraction of sp³-hybridized carbons (Fsp3) is 0.214. The number of carbonyl (C=O) groups excluding carboxylic acids is 2. The summed E-state index contributed by atoms with van der Waals surface area (Å²) in [5, 5.41) is 11.1. The lowest BCUT2D eigenvalue weighted by molar-refractivity contribution is -0.132. The maximum atomic E-state index is 13.5. The smallest absolute Gasteiger partial charge is 0.300 e. The molecule has 0 saturated carbocycles. The second kappa shape index (κ2) is 8.78. The fourth-order valence-electron chi connectivity index (χ4n) is 4.85. The SMILES string of the molecule is Cc1ccccc1C1/C(=C(\O)c2ccc(F)cc2)C(=O)C(=O)N1c1ccc(N2CCCC2)cc1. The van der Waals surface area contributed by atoms with Gasteiger partial charge in [-0.15, -0.1) is 0 Å². The zero-order chi connectivity index (χ0) is 23.8. The van der Waals surface area contributed by atoms with Crippen LogP contribution in [0.1, 0.15) is 35.6 Å². The summed E-state index contributed by atoms with van der Waals surface area (Å²) in [7, 11) is 0. The number of Topliss-reactive ketones (excluding diaryl/α,β-unsaturated/α-hetero) is 1. The van der Waals surface area contributed by atoms with Crippen LogP contribution in [0.25, 0.3) is 5.76 Å². The number of ketones is 1. The molecule has 3 aromatic rings. The molecule has 2 aliphatic rings. The van der Waals surface area contributed by atoms with Crippen molar-refractivity contribution in [1.29, 1.82) is 0 Å². The maximum absolute atomic E-state index is 13.5. The van der Waals surface area contributed by atoms with Gasteiger partial charge < -0.3 is 10.0 Å². The van der Waals surface area contributed by atoms with E-state index < -0.39 is 23.5 Å². The van der Waals surface area contributed by atoms with Crippen molar-refractivity contribution >= 4 is 28.8 Å². The molecule has 2 heterocycles. The Morgan fingerprint density at radius 3 is 2.15 bits per heavy atom. The highest BCUT2D eigenvalue weighted by Crippen LogP contribution is 2.43. The monoisotopic (exact) mass is 456 g/mol. The molecular weight excluding hydrogens is 431 g/mol. The number of carbonyl (C=O) groups is 2. The Kier molecular flexibility index (Phi) is 5.65. The molecule has 2 aliphatic heterocycles. The standard InChI is InChI=1S/C28H25FN2O3/c1-18-6-2-3-7-23(18)25-24(26(32)19-8-10-20(29)11-9-19)27(33)28(34)31(25)22-14-12-21(13-15-22)30-16-4-5-17-30/h2-3,6-15,25,32H,4-5,16-17H2,1H3/b26-24+. The molecule has 1 atom stereocenters. The highest BCUT2D eigenvalue weighted by molar-refractivity contribution is 6.51. The highest BCUT2D eigenvalue weighted by atomic mass is 19.1. The molecule has 2 saturated heterocycles. The van der Waals surface area contributed by atoms with Gasteiger partial charge in [-0.05, 0) is 79.4 Å². The van der Waals surface area contributed by atoms with E-state index in [2.05, 4.69) is 4.90 Å². The van der Waals surface area contributed by atoms with Crippen LogP contribution in [0.2, 0.25) is 0 Å². The van der Waals surface area contributed by atoms with Crippen LogP contribution in [0.15, 0.2) is 78.4 Å². The summed E-state index contributed by atoms with van der Waals surface area (Å²) in [5.41, 5.74) is 3.57. The molecular formula is C28H25FN2O3. The first-order valence-corrected chi connectivity index (χ1v) is 11.4. The van der Waals surface area contributed by atoms with Crippen molar-refractivity contribution in [3.05, 3.63) is 101 Å². The van der Waals surface area contributed by atoms with E-state index >= 15 is 0 Å². The molecule has 172 valence electrons. The van der Waals surface area contributed by atoms with Crippen molar-refractivity contribution < 1.29 is 19.1 Å². The average Bonchev–Trinajstić information content (AvgIpc) is 3.47. The Bertz CT molecular complexity index is 1280. The molecule has 0 aliphatic carbocycles. The van der Waals surface area contributed by atoms with Crippen LogP contribution >= 0.6 is 0 Å². The Balaban J connectivity index is 1.64. The number of aliphatic hydroxyl groups excluding tert-OH is 1. The maximum Gasteiger partial charge on any atom is 0.300 e. The van der Waals surface area contributed by atoms with Crippen molar-refractivity contribution in [2.24, 2.45) is 0 Å². The van der Waals surface area contributed by atoms with E-state index in [1.54, 1.807) is 0 Å². The van der Waals surface area contributed by atoms with Gasteiger partial charge in [0.25, 0.3) is 11.7 Å². The summed E-state index contributed by atoms with van der Waals surface area (Å²) >= 11 is 0. The third kappa shape index (κ3) is 3.75. The van der Waals surface area contributed by atoms with Gasteiger partial charge in [-0.25, -0.2) is 4.39 Å². The second-order valence-electron chi connectivity index (χ2n) is 8.74. The molecule has 0 radical (unpaired) electrons. The van der Waals surface area contributed by atoms with Crippen LogP contribution in [-0.4, -0.2) is 29.9 Å². The minimum absolute atomic E-state index is 0.00507. The van der Waals surface area contributed by atoms with Crippen LogP contribution in [0.3, 0.4) is 0 Å². The van der Waals surface area contributed by atoms with E-state index in [9.17, 15) is 19.1 Å². The first kappa shape index (κ1) is 21.9. The summed E-state index contributed by atoms with van der Waals surface area (Å²) in [4.78, 5) is 30.3. The average molecular weight is 457 g/mol. The molecule has 6 heteroatoms. The summed E-state index contributed by atoms with van der Waals surface area (Å²) in [6, 6.07) is 19.6. The van der Waals surface area contributed by atoms with Crippen LogP contribution in [-0.2, 0) is 9.59 Å². The molecule has 5 rings (SSSR count). The van der Waals surface area contributed by atoms with Crippen LogP contribution in [0.5, 0.6) is 0 Å². The number of nitrogens with zero attached hydrogens (tertiary/aromatic N) is 2. The molecule has 1 amide bonds. The van der Waals surface area contributed by atoms with E-state index in [0.29, 0.717) is 5.69 Å². The number of benzene rings is 3. The topological polar surface area (TPSA) is 60.9 Å². The van der Waals surface area contributed by atoms with Gasteiger partial charge in [0.15, 0.2) is 0 Å². The largest absolute Gasteiger partial charge is 0.507 e. The van der Waals surface area contributed by atoms with Gasteiger partial charge in [0.2, 0.25) is 0 Å². The predicted octanol–water partition coefficient (Wildman–Crippen LogP) is 5.36. The van der Waals surface area contributed by atoms with Crippen LogP contribution in [0, 0.1) is 12.7 Å². The Morgan fingerprint density at radius 2 is 1.50 bits per heavy atom. The second-order valence-corrected chi connectivity index (χ2v) is 8.74. The molecule has 5 nitrogen and oxygen atoms in total. The molecule has 1 unspecified atom stereocenters. The Hall–Kier alpha value is -3.93. The van der Waals surface area contributed by atoms with E-state index in [-0.39, 0.29) is 16.9 Å². The van der Waals surface area contributed by atoms with Gasteiger partial charge in [-0.1, -0.05) is 24.3 Å². The van der Waals surface area contributed by atoms with Gasteiger partial charge in [0.05, 0.1) is 11.6 Å². The zero-order valence-electron chi connectivity index (χ0n) is 18.9. The van der Waals surface area contributed by atoms with Gasteiger partial charge in [0.1, 0.15) is 11.6 Å². The number of hydrogen-bond acceptors (Lipinski definition) is 4. The molecule has 34 heavy (non-hydrogen) atoms. The van der Waals surface area contributed by atoms with Crippen molar-refractivity contribution in [2.45, 2.75) is 25.8 Å². The number of hydrogen-bond donors (Lipinski definition) is 1. The highest BCUT2D eigenvalue weighted by Gasteiger charge is 2.47. The van der Waals surface area contributed by atoms with Crippen LogP contribution in [0.4, 0.5) is 15.8 Å². The molecule has 0 aromatic heterocycles. The van der Waals surface area contributed by atoms with E-state index in [0.717, 1.165) is 42.7 Å². The number of halogens is 1. The van der Waals surface area contributed by atoms with Crippen molar-refractivity contribution in [1.82, 2.24) is 0 Å². The van der Waals surface area contributed by atoms with Crippen LogP contribution < -0.4 is 9.80 Å². The number of amides is 1. The lowest BCUT2D eigenvalue weighted by Crippen LogP contribution is -2.29. The fourth-order valence-corrected chi connectivity index (χ4v) is 4.85. The summed E-state index contributed by atoms with van der Waals surface area (Å²) in [6.45, 7) is 3.92. The number of aryl methyl sites for hydroxylation is 1. The molecule has 0 spiro atoms. The minimum Gasteiger partial charge on any atom is -0.507 e. The van der Waals surface area contributed by atoms with Gasteiger partial charge in [-0.3, -0.25) is 14.5 Å². The van der Waals surface area contributed by atoms with Gasteiger partial charge in [0, 0.05) is 30.0 Å². The van der Waals surface area contributed by atoms with Crippen molar-refractivity contribution in [2.75, 3.05) is 22.9 Å². The summed E-state index contributed by atoms with van der Waals surface area (Å²) < 4.78 is 13.5. The normalized spacial score (nSPS) is 19.8. The van der Waals surface area contributed by atoms with E-state index in [1.165, 1.54) is 29.2 Å². The van der Waals surface area contributed by atoms with Gasteiger partial charge >= 0.3 is 0 Å². The lowest BCUT2D eigenvalue weighted by atomic mass is 9.92. The molecule has 3 aromatic carbocycles. The first-order chi connectivity index (χ1) is 16.5. The minimum atomic E-state index is -0.802. The first-order valence-electron chi connectivity index (χ1n) is 11.4. The molecule has 2 fully saturated rings. The van der Waals surface area contributed by atoms with E-state index in [1.807, 2.05) is 55.5 Å². The number of anilines is 2. The van der Waals surface area contributed by atoms with Crippen molar-refractivity contribution in [3.8, 4) is 0 Å². The van der Waals surface area contributed by atoms with Gasteiger partial charge in [-0.2, -0.15) is 0 Å². The molecule has 1 N–H and O–H groups in total. The summed E-state index contributed by atoms with van der Waals surface area (Å²) in [5.74, 6) is -2.24. The van der Waals surface area contributed by atoms with E-state index in [4.69, 9.17) is 0 Å². The Morgan fingerprint density at radius 1 is 0.882 bits per heavy atom. The third-order valence-corrected chi connectivity index (χ3v) is 6.64. The third-order valence-electron chi connectivity index (χ3n) is 6.64. The number of rotatable bonds is 4. The summed E-state index contributed by atoms with van der Waals surface area (Å²) in [6.07, 6.45) is 2.32. The van der Waals surface area contributed by atoms with Crippen molar-refractivity contribution in [3.63, 3.8) is 0 Å².